The van der Waals surface area contributed by atoms with Crippen molar-refractivity contribution in [2.75, 3.05) is 19.0 Å². The van der Waals surface area contributed by atoms with Gasteiger partial charge in [0.05, 0.1) is 10.5 Å². The zero-order valence-electron chi connectivity index (χ0n) is 17.2. The summed E-state index contributed by atoms with van der Waals surface area (Å²) in [4.78, 5) is 26.9. The largest absolute Gasteiger partial charge is 0.478 e. The molecule has 0 aliphatic heterocycles. The van der Waals surface area contributed by atoms with E-state index in [0.29, 0.717) is 21.2 Å². The number of carboxylic acid groups (broad SMARTS) is 1. The van der Waals surface area contributed by atoms with Crippen LogP contribution in [0.25, 0.3) is 6.08 Å². The highest BCUT2D eigenvalue weighted by atomic mass is 35.5. The van der Waals surface area contributed by atoms with Crippen LogP contribution in [-0.2, 0) is 5.75 Å². The minimum absolute atomic E-state index is 0.146. The molecule has 3 rings (SSSR count). The predicted molar refractivity (Wildman–Crippen MR) is 129 cm³/mol. The van der Waals surface area contributed by atoms with Crippen molar-refractivity contribution in [3.63, 3.8) is 0 Å². The van der Waals surface area contributed by atoms with Crippen molar-refractivity contribution in [1.29, 1.82) is 0 Å². The van der Waals surface area contributed by atoms with Gasteiger partial charge in [-0.3, -0.25) is 4.79 Å². The molecule has 0 radical (unpaired) electrons. The van der Waals surface area contributed by atoms with E-state index < -0.39 is 5.97 Å². The maximum atomic E-state index is 13.2. The summed E-state index contributed by atoms with van der Waals surface area (Å²) in [5.74, 6) is -0.557. The van der Waals surface area contributed by atoms with Crippen LogP contribution >= 0.6 is 23.4 Å². The highest BCUT2D eigenvalue weighted by molar-refractivity contribution is 8.03. The highest BCUT2D eigenvalue weighted by Crippen LogP contribution is 2.28. The molecule has 158 valence electrons. The molecular weight excluding hydrogens is 430 g/mol. The molecule has 0 fully saturated rings. The van der Waals surface area contributed by atoms with Gasteiger partial charge in [0.25, 0.3) is 0 Å². The number of carboxylic acids is 1. The van der Waals surface area contributed by atoms with Gasteiger partial charge in [-0.15, -0.1) is 11.8 Å². The number of Topliss-reactive ketones (excluding diaryl/α,β-unsaturated/α-hetero) is 1. The molecule has 3 aromatic carbocycles. The van der Waals surface area contributed by atoms with Crippen molar-refractivity contribution in [3.8, 4) is 0 Å². The lowest BCUT2D eigenvalue weighted by Gasteiger charge is -2.12. The monoisotopic (exact) mass is 451 g/mol. The molecular formula is C25H22ClNO3S. The van der Waals surface area contributed by atoms with Crippen LogP contribution in [0.15, 0.2) is 77.7 Å². The van der Waals surface area contributed by atoms with E-state index in [0.717, 1.165) is 16.8 Å². The summed E-state index contributed by atoms with van der Waals surface area (Å²) in [5, 5.41) is 9.76. The zero-order valence-corrected chi connectivity index (χ0v) is 18.8. The average Bonchev–Trinajstić information content (AvgIpc) is 2.77. The third kappa shape index (κ3) is 6.23. The van der Waals surface area contributed by atoms with Crippen LogP contribution in [0.2, 0.25) is 5.02 Å². The first-order chi connectivity index (χ1) is 14.8. The summed E-state index contributed by atoms with van der Waals surface area (Å²) in [5.41, 5.74) is 3.64. The number of carbonyl (C=O) groups excluding carboxylic acids is 1. The molecule has 31 heavy (non-hydrogen) atoms. The summed E-state index contributed by atoms with van der Waals surface area (Å²) in [6.07, 6.45) is 1.87. The number of allylic oxidation sites excluding steroid dienone is 1. The van der Waals surface area contributed by atoms with E-state index in [1.165, 1.54) is 23.9 Å². The minimum Gasteiger partial charge on any atom is -0.478 e. The number of carbonyl (C=O) groups is 2. The van der Waals surface area contributed by atoms with Crippen molar-refractivity contribution in [2.45, 2.75) is 5.75 Å². The Kier molecular flexibility index (Phi) is 7.55. The second kappa shape index (κ2) is 10.3. The highest BCUT2D eigenvalue weighted by Gasteiger charge is 2.15. The fourth-order valence-electron chi connectivity index (χ4n) is 2.84. The van der Waals surface area contributed by atoms with Crippen LogP contribution in [0.1, 0.15) is 31.8 Å². The fraction of sp³-hybridized carbons (Fsp3) is 0.120. The Balaban J connectivity index is 1.89. The topological polar surface area (TPSA) is 57.6 Å². The van der Waals surface area contributed by atoms with Crippen LogP contribution in [0.5, 0.6) is 0 Å². The van der Waals surface area contributed by atoms with Gasteiger partial charge in [0, 0.05) is 36.1 Å². The van der Waals surface area contributed by atoms with Crippen molar-refractivity contribution in [2.24, 2.45) is 0 Å². The summed E-state index contributed by atoms with van der Waals surface area (Å²) in [7, 11) is 3.95. The number of thioether (sulfide) groups is 1. The molecule has 0 saturated heterocycles. The van der Waals surface area contributed by atoms with Gasteiger partial charge in [-0.25, -0.2) is 4.79 Å². The number of hydrogen-bond donors (Lipinski definition) is 1. The molecule has 0 bridgehead atoms. The molecule has 4 nitrogen and oxygen atoms in total. The average molecular weight is 452 g/mol. The normalized spacial score (nSPS) is 11.3. The number of ketones is 1. The minimum atomic E-state index is -1.02. The second-order valence-corrected chi connectivity index (χ2v) is 8.57. The van der Waals surface area contributed by atoms with E-state index in [4.69, 9.17) is 16.7 Å². The Morgan fingerprint density at radius 3 is 2.03 bits per heavy atom. The van der Waals surface area contributed by atoms with Gasteiger partial charge in [-0.05, 0) is 53.6 Å². The fourth-order valence-corrected chi connectivity index (χ4v) is 3.95. The lowest BCUT2D eigenvalue weighted by atomic mass is 10.1. The van der Waals surface area contributed by atoms with Crippen molar-refractivity contribution in [3.05, 3.63) is 105 Å². The zero-order chi connectivity index (χ0) is 22.4. The molecule has 0 aromatic heterocycles. The van der Waals surface area contributed by atoms with Crippen molar-refractivity contribution in [1.82, 2.24) is 0 Å². The number of anilines is 1. The first-order valence-electron chi connectivity index (χ1n) is 9.58. The summed E-state index contributed by atoms with van der Waals surface area (Å²) < 4.78 is 0. The van der Waals surface area contributed by atoms with Gasteiger partial charge in [-0.2, -0.15) is 0 Å². The number of aromatic carboxylic acids is 1. The van der Waals surface area contributed by atoms with Gasteiger partial charge < -0.3 is 10.0 Å². The van der Waals surface area contributed by atoms with Crippen LogP contribution in [-0.4, -0.2) is 31.0 Å². The molecule has 0 spiro atoms. The Morgan fingerprint density at radius 1 is 0.903 bits per heavy atom. The van der Waals surface area contributed by atoms with Crippen molar-refractivity contribution >= 4 is 46.9 Å². The van der Waals surface area contributed by atoms with Crippen LogP contribution in [0, 0.1) is 0 Å². The molecule has 0 heterocycles. The maximum Gasteiger partial charge on any atom is 0.335 e. The summed E-state index contributed by atoms with van der Waals surface area (Å²) >= 11 is 7.41. The summed E-state index contributed by atoms with van der Waals surface area (Å²) in [6.45, 7) is 0. The second-order valence-electron chi connectivity index (χ2n) is 7.12. The predicted octanol–water partition coefficient (Wildman–Crippen LogP) is 6.26. The molecule has 0 aliphatic rings. The molecule has 1 N–H and O–H groups in total. The van der Waals surface area contributed by atoms with E-state index in [1.54, 1.807) is 12.1 Å². The van der Waals surface area contributed by atoms with E-state index in [1.807, 2.05) is 73.6 Å². The SMILES string of the molecule is CN(C)c1ccc(/C=C(/SCc2ccc(Cl)cc2)C(=O)c2ccc(C(=O)O)cc2)cc1. The van der Waals surface area contributed by atoms with E-state index >= 15 is 0 Å². The Bertz CT molecular complexity index is 1090. The van der Waals surface area contributed by atoms with E-state index in [2.05, 4.69) is 0 Å². The molecule has 0 aliphatic carbocycles. The number of nitrogens with zero attached hydrogens (tertiary/aromatic N) is 1. The molecule has 6 heteroatoms. The Morgan fingerprint density at radius 2 is 1.48 bits per heavy atom. The van der Waals surface area contributed by atoms with Crippen LogP contribution in [0.3, 0.4) is 0 Å². The standard InChI is InChI=1S/C25H22ClNO3S/c1-27(2)22-13-5-17(6-14-22)15-23(31-16-18-3-11-21(26)12-4-18)24(28)19-7-9-20(10-8-19)25(29)30/h3-15H,16H2,1-2H3,(H,29,30)/b23-15+. The van der Waals surface area contributed by atoms with Crippen LogP contribution in [0.4, 0.5) is 5.69 Å². The van der Waals surface area contributed by atoms with Crippen molar-refractivity contribution < 1.29 is 14.7 Å². The lowest BCUT2D eigenvalue weighted by Crippen LogP contribution is -2.08. The van der Waals surface area contributed by atoms with Gasteiger partial charge in [-0.1, -0.05) is 48.0 Å². The quantitative estimate of drug-likeness (QED) is 0.323. The number of halogens is 1. The number of hydrogen-bond acceptors (Lipinski definition) is 4. The first kappa shape index (κ1) is 22.7. The molecule has 0 saturated carbocycles. The molecule has 0 amide bonds. The maximum absolute atomic E-state index is 13.2. The van der Waals surface area contributed by atoms with E-state index in [-0.39, 0.29) is 11.3 Å². The Labute approximate surface area is 191 Å². The molecule has 0 unspecified atom stereocenters. The van der Waals surface area contributed by atoms with Gasteiger partial charge in [0.1, 0.15) is 0 Å². The summed E-state index contributed by atoms with van der Waals surface area (Å²) in [6, 6.07) is 21.5. The number of benzene rings is 3. The van der Waals surface area contributed by atoms with Gasteiger partial charge in [0.15, 0.2) is 5.78 Å². The third-order valence-electron chi connectivity index (χ3n) is 4.63. The lowest BCUT2D eigenvalue weighted by molar-refractivity contribution is 0.0696. The smallest absolute Gasteiger partial charge is 0.335 e. The van der Waals surface area contributed by atoms with Gasteiger partial charge in [0.2, 0.25) is 0 Å². The molecule has 3 aromatic rings. The third-order valence-corrected chi connectivity index (χ3v) is 5.98. The van der Waals surface area contributed by atoms with E-state index in [9.17, 15) is 9.59 Å². The van der Waals surface area contributed by atoms with Crippen LogP contribution < -0.4 is 4.90 Å². The molecule has 0 atom stereocenters. The van der Waals surface area contributed by atoms with Gasteiger partial charge >= 0.3 is 5.97 Å². The Hall–Kier alpha value is -3.02. The number of rotatable bonds is 8. The first-order valence-corrected chi connectivity index (χ1v) is 10.9.